The molecule has 1 aromatic heterocycles. The Labute approximate surface area is 116 Å². The zero-order chi connectivity index (χ0) is 13.9. The summed E-state index contributed by atoms with van der Waals surface area (Å²) in [5.74, 6) is 0.529. The van der Waals surface area contributed by atoms with Gasteiger partial charge in [0.25, 0.3) is 0 Å². The Balaban J connectivity index is 2.08. The normalized spacial score (nSPS) is 11.3. The van der Waals surface area contributed by atoms with Gasteiger partial charge in [-0.25, -0.2) is 4.98 Å². The topological polar surface area (TPSA) is 70.7 Å². The van der Waals surface area contributed by atoms with E-state index in [9.17, 15) is 4.79 Å². The Bertz CT molecular complexity index is 566. The number of aromatic amines is 1. The maximum absolute atomic E-state index is 12.3. The number of amides is 1. The van der Waals surface area contributed by atoms with E-state index in [-0.39, 0.29) is 5.91 Å². The van der Waals surface area contributed by atoms with Gasteiger partial charge in [0.15, 0.2) is 0 Å². The lowest BCUT2D eigenvalue weighted by atomic mass is 9.84. The Morgan fingerprint density at radius 2 is 2.26 bits per heavy atom. The highest BCUT2D eigenvalue weighted by molar-refractivity contribution is 6.30. The second kappa shape index (κ2) is 5.40. The third kappa shape index (κ3) is 3.12. The van der Waals surface area contributed by atoms with Crippen molar-refractivity contribution in [3.63, 3.8) is 0 Å². The summed E-state index contributed by atoms with van der Waals surface area (Å²) in [6, 6.07) is 7.31. The average molecular weight is 279 g/mol. The smallest absolute Gasteiger partial charge is 0.230 e. The molecular formula is C13H15ClN4O. The number of hydrogen-bond donors (Lipinski definition) is 2. The lowest BCUT2D eigenvalue weighted by Gasteiger charge is -2.24. The number of carbonyl (C=O) groups is 1. The molecule has 0 radical (unpaired) electrons. The van der Waals surface area contributed by atoms with Gasteiger partial charge in [-0.1, -0.05) is 23.7 Å². The summed E-state index contributed by atoms with van der Waals surface area (Å²) >= 11 is 5.96. The fourth-order valence-electron chi connectivity index (χ4n) is 1.71. The number of nitrogens with zero attached hydrogens (tertiary/aromatic N) is 2. The van der Waals surface area contributed by atoms with E-state index in [0.29, 0.717) is 17.4 Å². The summed E-state index contributed by atoms with van der Waals surface area (Å²) < 4.78 is 0. The Morgan fingerprint density at radius 3 is 2.89 bits per heavy atom. The molecule has 100 valence electrons. The maximum atomic E-state index is 12.3. The van der Waals surface area contributed by atoms with Gasteiger partial charge in [-0.3, -0.25) is 9.89 Å². The maximum Gasteiger partial charge on any atom is 0.230 e. The van der Waals surface area contributed by atoms with Gasteiger partial charge < -0.3 is 5.32 Å². The van der Waals surface area contributed by atoms with Crippen LogP contribution in [0.25, 0.3) is 0 Å². The molecule has 0 spiro atoms. The van der Waals surface area contributed by atoms with Crippen molar-refractivity contribution >= 4 is 17.5 Å². The fourth-order valence-corrected chi connectivity index (χ4v) is 1.90. The molecule has 1 aromatic carbocycles. The van der Waals surface area contributed by atoms with Crippen LogP contribution < -0.4 is 5.32 Å². The summed E-state index contributed by atoms with van der Waals surface area (Å²) in [7, 11) is 0. The first-order valence-electron chi connectivity index (χ1n) is 5.89. The summed E-state index contributed by atoms with van der Waals surface area (Å²) in [5.41, 5.74) is 0.209. The molecule has 2 N–H and O–H groups in total. The Morgan fingerprint density at radius 1 is 1.47 bits per heavy atom. The molecule has 2 rings (SSSR count). The zero-order valence-electron chi connectivity index (χ0n) is 10.8. The van der Waals surface area contributed by atoms with Gasteiger partial charge in [0.2, 0.25) is 5.91 Å². The van der Waals surface area contributed by atoms with Crippen LogP contribution in [0.15, 0.2) is 30.6 Å². The minimum absolute atomic E-state index is 0.0915. The third-order valence-electron chi connectivity index (χ3n) is 3.00. The van der Waals surface area contributed by atoms with E-state index < -0.39 is 5.41 Å². The third-order valence-corrected chi connectivity index (χ3v) is 3.23. The van der Waals surface area contributed by atoms with E-state index in [0.717, 1.165) is 5.56 Å². The monoisotopic (exact) mass is 278 g/mol. The van der Waals surface area contributed by atoms with Crippen molar-refractivity contribution in [2.24, 2.45) is 0 Å². The molecule has 0 fully saturated rings. The van der Waals surface area contributed by atoms with E-state index in [1.54, 1.807) is 12.1 Å². The minimum Gasteiger partial charge on any atom is -0.348 e. The molecule has 0 bridgehead atoms. The Hall–Kier alpha value is -1.88. The van der Waals surface area contributed by atoms with E-state index in [1.165, 1.54) is 6.33 Å². The van der Waals surface area contributed by atoms with Crippen molar-refractivity contribution in [3.05, 3.63) is 47.0 Å². The van der Waals surface area contributed by atoms with E-state index >= 15 is 0 Å². The van der Waals surface area contributed by atoms with Crippen LogP contribution in [-0.2, 0) is 16.8 Å². The number of halogens is 1. The van der Waals surface area contributed by atoms with Gasteiger partial charge in [-0.15, -0.1) is 0 Å². The van der Waals surface area contributed by atoms with Crippen LogP contribution in [0.2, 0.25) is 5.02 Å². The summed E-state index contributed by atoms with van der Waals surface area (Å²) in [6.07, 6.45) is 1.41. The quantitative estimate of drug-likeness (QED) is 0.899. The predicted molar refractivity (Wildman–Crippen MR) is 72.7 cm³/mol. The average Bonchev–Trinajstić information content (AvgIpc) is 2.89. The first-order chi connectivity index (χ1) is 9.00. The minimum atomic E-state index is -0.662. The SMILES string of the molecule is CC(C)(C(=O)NCc1ncn[nH]1)c1cccc(Cl)c1. The van der Waals surface area contributed by atoms with Crippen LogP contribution in [0.1, 0.15) is 25.2 Å². The van der Waals surface area contributed by atoms with E-state index in [1.807, 2.05) is 26.0 Å². The molecular weight excluding hydrogens is 264 g/mol. The predicted octanol–water partition coefficient (Wildman–Crippen LogP) is 2.05. The molecule has 0 saturated heterocycles. The van der Waals surface area contributed by atoms with E-state index in [2.05, 4.69) is 20.5 Å². The van der Waals surface area contributed by atoms with Crippen molar-refractivity contribution in [1.82, 2.24) is 20.5 Å². The van der Waals surface area contributed by atoms with Crippen molar-refractivity contribution in [2.75, 3.05) is 0 Å². The summed E-state index contributed by atoms with van der Waals surface area (Å²) in [6.45, 7) is 4.03. The van der Waals surface area contributed by atoms with Crippen LogP contribution in [0.5, 0.6) is 0 Å². The highest BCUT2D eigenvalue weighted by atomic mass is 35.5. The molecule has 0 aliphatic heterocycles. The number of carbonyl (C=O) groups excluding carboxylic acids is 1. The molecule has 2 aromatic rings. The number of aromatic nitrogens is 3. The zero-order valence-corrected chi connectivity index (χ0v) is 11.5. The molecule has 1 heterocycles. The Kier molecular flexibility index (Phi) is 3.85. The first kappa shape index (κ1) is 13.5. The van der Waals surface area contributed by atoms with E-state index in [4.69, 9.17) is 11.6 Å². The molecule has 0 atom stereocenters. The van der Waals surface area contributed by atoms with Crippen molar-refractivity contribution in [3.8, 4) is 0 Å². The van der Waals surface area contributed by atoms with Crippen molar-refractivity contribution in [2.45, 2.75) is 25.8 Å². The second-order valence-electron chi connectivity index (χ2n) is 4.75. The van der Waals surface area contributed by atoms with Crippen LogP contribution in [0, 0.1) is 0 Å². The molecule has 0 aliphatic rings. The summed E-state index contributed by atoms with van der Waals surface area (Å²) in [5, 5.41) is 9.87. The van der Waals surface area contributed by atoms with Crippen molar-refractivity contribution < 1.29 is 4.79 Å². The molecule has 19 heavy (non-hydrogen) atoms. The van der Waals surface area contributed by atoms with Crippen molar-refractivity contribution in [1.29, 1.82) is 0 Å². The lowest BCUT2D eigenvalue weighted by molar-refractivity contribution is -0.125. The van der Waals surface area contributed by atoms with Gasteiger partial charge in [0, 0.05) is 5.02 Å². The second-order valence-corrected chi connectivity index (χ2v) is 5.19. The molecule has 0 saturated carbocycles. The van der Waals surface area contributed by atoms with Gasteiger partial charge in [-0.2, -0.15) is 5.10 Å². The number of nitrogens with one attached hydrogen (secondary N) is 2. The van der Waals surface area contributed by atoms with Crippen LogP contribution >= 0.6 is 11.6 Å². The molecule has 0 unspecified atom stereocenters. The van der Waals surface area contributed by atoms with Crippen LogP contribution in [0.4, 0.5) is 0 Å². The van der Waals surface area contributed by atoms with Gasteiger partial charge in [0.05, 0.1) is 12.0 Å². The summed E-state index contributed by atoms with van der Waals surface area (Å²) in [4.78, 5) is 16.2. The molecule has 0 aliphatic carbocycles. The molecule has 6 heteroatoms. The first-order valence-corrected chi connectivity index (χ1v) is 6.26. The van der Waals surface area contributed by atoms with Gasteiger partial charge in [-0.05, 0) is 31.5 Å². The number of hydrogen-bond acceptors (Lipinski definition) is 3. The molecule has 1 amide bonds. The standard InChI is InChI=1S/C13H15ClN4O/c1-13(2,9-4-3-5-10(14)6-9)12(19)15-7-11-16-8-17-18-11/h3-6,8H,7H2,1-2H3,(H,15,19)(H,16,17,18). The number of rotatable bonds is 4. The van der Waals surface area contributed by atoms with Gasteiger partial charge >= 0.3 is 0 Å². The highest BCUT2D eigenvalue weighted by Gasteiger charge is 2.29. The number of benzene rings is 1. The number of H-pyrrole nitrogens is 1. The fraction of sp³-hybridized carbons (Fsp3) is 0.308. The van der Waals surface area contributed by atoms with Crippen LogP contribution in [0.3, 0.4) is 0 Å². The van der Waals surface area contributed by atoms with Crippen LogP contribution in [-0.4, -0.2) is 21.1 Å². The highest BCUT2D eigenvalue weighted by Crippen LogP contribution is 2.25. The largest absolute Gasteiger partial charge is 0.348 e. The lowest BCUT2D eigenvalue weighted by Crippen LogP contribution is -2.39. The molecule has 5 nitrogen and oxygen atoms in total. The van der Waals surface area contributed by atoms with Gasteiger partial charge in [0.1, 0.15) is 12.2 Å².